The van der Waals surface area contributed by atoms with Crippen LogP contribution in [0, 0.1) is 10.1 Å². The summed E-state index contributed by atoms with van der Waals surface area (Å²) in [6, 6.07) is 12.2. The van der Waals surface area contributed by atoms with E-state index in [4.69, 9.17) is 11.5 Å². The highest BCUT2D eigenvalue weighted by molar-refractivity contribution is 5.54. The highest BCUT2D eigenvalue weighted by Crippen LogP contribution is 2.22. The van der Waals surface area contributed by atoms with Crippen LogP contribution in [-0.2, 0) is 12.8 Å². The van der Waals surface area contributed by atoms with Crippen LogP contribution in [0.15, 0.2) is 42.5 Å². The number of para-hydroxylation sites is 1. The summed E-state index contributed by atoms with van der Waals surface area (Å²) in [4.78, 5) is 10.2. The molecule has 19 heavy (non-hydrogen) atoms. The van der Waals surface area contributed by atoms with E-state index >= 15 is 0 Å². The molecule has 0 aliphatic rings. The highest BCUT2D eigenvalue weighted by Gasteiger charge is 2.09. The van der Waals surface area contributed by atoms with Crippen LogP contribution < -0.4 is 11.5 Å². The van der Waals surface area contributed by atoms with Crippen molar-refractivity contribution in [1.82, 2.24) is 0 Å². The zero-order valence-electron chi connectivity index (χ0n) is 10.4. The van der Waals surface area contributed by atoms with Gasteiger partial charge in [0.15, 0.2) is 0 Å². The van der Waals surface area contributed by atoms with Crippen LogP contribution in [0.3, 0.4) is 0 Å². The highest BCUT2D eigenvalue weighted by atomic mass is 16.6. The summed E-state index contributed by atoms with van der Waals surface area (Å²) in [7, 11) is 0. The number of rotatable bonds is 4. The first-order valence-corrected chi connectivity index (χ1v) is 5.94. The number of nitrogen functional groups attached to an aromatic ring is 2. The summed E-state index contributed by atoms with van der Waals surface area (Å²) in [5.41, 5.74) is 14.9. The zero-order valence-corrected chi connectivity index (χ0v) is 10.4. The van der Waals surface area contributed by atoms with Gasteiger partial charge in [-0.3, -0.25) is 10.1 Å². The Morgan fingerprint density at radius 3 is 2.16 bits per heavy atom. The maximum absolute atomic E-state index is 10.6. The van der Waals surface area contributed by atoms with Gasteiger partial charge in [-0.25, -0.2) is 0 Å². The predicted molar refractivity (Wildman–Crippen MR) is 75.8 cm³/mol. The van der Waals surface area contributed by atoms with Crippen LogP contribution in [0.2, 0.25) is 0 Å². The van der Waals surface area contributed by atoms with Crippen molar-refractivity contribution in [3.05, 3.63) is 63.7 Å². The molecule has 0 aromatic heterocycles. The summed E-state index contributed by atoms with van der Waals surface area (Å²) < 4.78 is 0. The van der Waals surface area contributed by atoms with Gasteiger partial charge < -0.3 is 11.5 Å². The Bertz CT molecular complexity index is 611. The standard InChI is InChI=1S/C14H15N3O2/c15-13-4-2-1-3-10(13)5-6-11-7-8-12(17(18)19)9-14(11)16/h1-4,7-9H,5-6,15-16H2. The number of hydrogen-bond acceptors (Lipinski definition) is 4. The minimum Gasteiger partial charge on any atom is -0.399 e. The van der Waals surface area contributed by atoms with Crippen molar-refractivity contribution in [3.63, 3.8) is 0 Å². The van der Waals surface area contributed by atoms with Crippen LogP contribution >= 0.6 is 0 Å². The van der Waals surface area contributed by atoms with Crippen LogP contribution in [0.4, 0.5) is 17.1 Å². The van der Waals surface area contributed by atoms with E-state index in [1.807, 2.05) is 24.3 Å². The van der Waals surface area contributed by atoms with Crippen molar-refractivity contribution < 1.29 is 4.92 Å². The smallest absolute Gasteiger partial charge is 0.271 e. The van der Waals surface area contributed by atoms with E-state index in [1.54, 1.807) is 6.07 Å². The fourth-order valence-corrected chi connectivity index (χ4v) is 1.95. The fourth-order valence-electron chi connectivity index (χ4n) is 1.95. The maximum Gasteiger partial charge on any atom is 0.271 e. The number of hydrogen-bond donors (Lipinski definition) is 2. The molecule has 98 valence electrons. The van der Waals surface area contributed by atoms with Crippen molar-refractivity contribution in [2.45, 2.75) is 12.8 Å². The number of aryl methyl sites for hydroxylation is 2. The van der Waals surface area contributed by atoms with Crippen molar-refractivity contribution in [3.8, 4) is 0 Å². The van der Waals surface area contributed by atoms with Crippen molar-refractivity contribution in [2.75, 3.05) is 11.5 Å². The molecule has 0 saturated carbocycles. The monoisotopic (exact) mass is 257 g/mol. The molecular formula is C14H15N3O2. The molecule has 0 heterocycles. The Morgan fingerprint density at radius 1 is 0.947 bits per heavy atom. The third-order valence-corrected chi connectivity index (χ3v) is 3.06. The minimum absolute atomic E-state index is 0.0143. The molecule has 0 saturated heterocycles. The molecular weight excluding hydrogens is 242 g/mol. The Balaban J connectivity index is 2.12. The van der Waals surface area contributed by atoms with Gasteiger partial charge in [-0.15, -0.1) is 0 Å². The average molecular weight is 257 g/mol. The largest absolute Gasteiger partial charge is 0.399 e. The van der Waals surface area contributed by atoms with Gasteiger partial charge >= 0.3 is 0 Å². The van der Waals surface area contributed by atoms with E-state index < -0.39 is 4.92 Å². The molecule has 0 unspecified atom stereocenters. The summed E-state index contributed by atoms with van der Waals surface area (Å²) in [5.74, 6) is 0. The van der Waals surface area contributed by atoms with Crippen LogP contribution in [0.25, 0.3) is 0 Å². The average Bonchev–Trinajstić information content (AvgIpc) is 2.39. The number of nitrogens with zero attached hydrogens (tertiary/aromatic N) is 1. The number of anilines is 2. The van der Waals surface area contributed by atoms with Gasteiger partial charge in [0, 0.05) is 23.5 Å². The summed E-state index contributed by atoms with van der Waals surface area (Å²) in [6.07, 6.45) is 1.47. The molecule has 0 aliphatic heterocycles. The van der Waals surface area contributed by atoms with E-state index in [9.17, 15) is 10.1 Å². The molecule has 0 bridgehead atoms. The molecule has 4 N–H and O–H groups in total. The van der Waals surface area contributed by atoms with Crippen LogP contribution in [0.1, 0.15) is 11.1 Å². The fraction of sp³-hybridized carbons (Fsp3) is 0.143. The molecule has 5 heteroatoms. The first-order valence-electron chi connectivity index (χ1n) is 5.94. The van der Waals surface area contributed by atoms with E-state index in [-0.39, 0.29) is 5.69 Å². The van der Waals surface area contributed by atoms with E-state index in [2.05, 4.69) is 0 Å². The van der Waals surface area contributed by atoms with E-state index in [1.165, 1.54) is 12.1 Å². The van der Waals surface area contributed by atoms with Gasteiger partial charge in [0.25, 0.3) is 5.69 Å². The topological polar surface area (TPSA) is 95.2 Å². The molecule has 0 spiro atoms. The number of non-ortho nitro benzene ring substituents is 1. The summed E-state index contributed by atoms with van der Waals surface area (Å²) in [5, 5.41) is 10.6. The Labute approximate surface area is 111 Å². The lowest BCUT2D eigenvalue weighted by Crippen LogP contribution is -2.00. The lowest BCUT2D eigenvalue weighted by Gasteiger charge is -2.07. The Kier molecular flexibility index (Phi) is 3.66. The molecule has 5 nitrogen and oxygen atoms in total. The van der Waals surface area contributed by atoms with Crippen molar-refractivity contribution >= 4 is 17.1 Å². The zero-order chi connectivity index (χ0) is 13.8. The number of benzene rings is 2. The van der Waals surface area contributed by atoms with E-state index in [0.29, 0.717) is 12.1 Å². The van der Waals surface area contributed by atoms with Crippen molar-refractivity contribution in [2.24, 2.45) is 0 Å². The third-order valence-electron chi connectivity index (χ3n) is 3.06. The summed E-state index contributed by atoms with van der Waals surface area (Å²) >= 11 is 0. The number of nitrogens with two attached hydrogens (primary N) is 2. The van der Waals surface area contributed by atoms with Gasteiger partial charge in [0.1, 0.15) is 0 Å². The molecule has 2 aromatic rings. The predicted octanol–water partition coefficient (Wildman–Crippen LogP) is 2.54. The molecule has 0 fully saturated rings. The van der Waals surface area contributed by atoms with Crippen LogP contribution in [-0.4, -0.2) is 4.92 Å². The van der Waals surface area contributed by atoms with Gasteiger partial charge in [-0.05, 0) is 30.0 Å². The van der Waals surface area contributed by atoms with Crippen LogP contribution in [0.5, 0.6) is 0 Å². The molecule has 0 radical (unpaired) electrons. The Morgan fingerprint density at radius 2 is 1.58 bits per heavy atom. The molecule has 2 aromatic carbocycles. The first kappa shape index (κ1) is 12.9. The second-order valence-electron chi connectivity index (χ2n) is 4.34. The normalized spacial score (nSPS) is 10.3. The lowest BCUT2D eigenvalue weighted by molar-refractivity contribution is -0.384. The molecule has 0 aliphatic carbocycles. The molecule has 0 atom stereocenters. The van der Waals surface area contributed by atoms with Gasteiger partial charge in [-0.1, -0.05) is 24.3 Å². The SMILES string of the molecule is Nc1ccccc1CCc1ccc([N+](=O)[O-])cc1N. The second kappa shape index (κ2) is 5.39. The number of nitro groups is 1. The van der Waals surface area contributed by atoms with Gasteiger partial charge in [0.2, 0.25) is 0 Å². The Hall–Kier alpha value is -2.56. The van der Waals surface area contributed by atoms with E-state index in [0.717, 1.165) is 23.2 Å². The quantitative estimate of drug-likeness (QED) is 0.500. The second-order valence-corrected chi connectivity index (χ2v) is 4.34. The van der Waals surface area contributed by atoms with Crippen molar-refractivity contribution in [1.29, 1.82) is 0 Å². The van der Waals surface area contributed by atoms with Gasteiger partial charge in [-0.2, -0.15) is 0 Å². The minimum atomic E-state index is -0.449. The lowest BCUT2D eigenvalue weighted by atomic mass is 10.0. The first-order chi connectivity index (χ1) is 9.08. The molecule has 0 amide bonds. The maximum atomic E-state index is 10.6. The third kappa shape index (κ3) is 3.01. The summed E-state index contributed by atoms with van der Waals surface area (Å²) in [6.45, 7) is 0. The molecule has 2 rings (SSSR count). The van der Waals surface area contributed by atoms with Gasteiger partial charge in [0.05, 0.1) is 4.92 Å². The number of nitro benzene ring substituents is 1.